The molecule has 4 heteroatoms. The van der Waals surface area contributed by atoms with Crippen LogP contribution in [0.2, 0.25) is 0 Å². The Hall–Kier alpha value is -1.78. The van der Waals surface area contributed by atoms with Gasteiger partial charge in [0.1, 0.15) is 0 Å². The number of rotatable bonds is 4. The Kier molecular flexibility index (Phi) is 3.76. The molecule has 0 aliphatic carbocycles. The van der Waals surface area contributed by atoms with Gasteiger partial charge in [0.15, 0.2) is 0 Å². The van der Waals surface area contributed by atoms with Gasteiger partial charge < -0.3 is 5.32 Å². The van der Waals surface area contributed by atoms with Gasteiger partial charge in [0, 0.05) is 29.4 Å². The Balaban J connectivity index is 1.90. The zero-order valence-corrected chi connectivity index (χ0v) is 12.4. The minimum atomic E-state index is 0.279. The fourth-order valence-electron chi connectivity index (χ4n) is 2.41. The van der Waals surface area contributed by atoms with Crippen LogP contribution in [0.1, 0.15) is 22.3 Å². The lowest BCUT2D eigenvalue weighted by Crippen LogP contribution is -2.19. The Bertz CT molecular complexity index is 720. The molecular formula is C16H17N3S. The van der Waals surface area contributed by atoms with Crippen molar-refractivity contribution >= 4 is 22.2 Å². The summed E-state index contributed by atoms with van der Waals surface area (Å²) in [5.41, 5.74) is 3.47. The Labute approximate surface area is 122 Å². The molecular weight excluding hydrogens is 266 g/mol. The molecule has 3 aromatic rings. The van der Waals surface area contributed by atoms with E-state index in [2.05, 4.69) is 44.9 Å². The highest BCUT2D eigenvalue weighted by Gasteiger charge is 2.12. The van der Waals surface area contributed by atoms with E-state index in [0.717, 1.165) is 22.6 Å². The number of likely N-dealkylation sites (N-methyl/N-ethyl adjacent to an activating group) is 1. The zero-order valence-electron chi connectivity index (χ0n) is 11.6. The Morgan fingerprint density at radius 2 is 2.20 bits per heavy atom. The fraction of sp³-hybridized carbons (Fsp3) is 0.250. The summed E-state index contributed by atoms with van der Waals surface area (Å²) in [6, 6.07) is 10.8. The Morgan fingerprint density at radius 3 is 2.95 bits per heavy atom. The molecule has 3 nitrogen and oxygen atoms in total. The molecule has 20 heavy (non-hydrogen) atoms. The minimum Gasteiger partial charge on any atom is -0.313 e. The Morgan fingerprint density at radius 1 is 1.30 bits per heavy atom. The van der Waals surface area contributed by atoms with Crippen LogP contribution in [-0.2, 0) is 6.42 Å². The summed E-state index contributed by atoms with van der Waals surface area (Å²) < 4.78 is 0. The van der Waals surface area contributed by atoms with Gasteiger partial charge in [-0.05, 0) is 37.7 Å². The average molecular weight is 283 g/mol. The summed E-state index contributed by atoms with van der Waals surface area (Å²) in [5, 5.41) is 7.83. The van der Waals surface area contributed by atoms with Crippen molar-refractivity contribution in [2.24, 2.45) is 0 Å². The topological polar surface area (TPSA) is 37.8 Å². The van der Waals surface area contributed by atoms with Crippen molar-refractivity contribution in [3.8, 4) is 0 Å². The standard InChI is InChI=1S/C16H17N3S/c1-11-19-14(10-20-11)9-16(17-2)13-5-6-15-12(8-13)4-3-7-18-15/h3-8,10,16-17H,9H2,1-2H3. The second-order valence-corrected chi connectivity index (χ2v) is 5.92. The van der Waals surface area contributed by atoms with Gasteiger partial charge in [0.2, 0.25) is 0 Å². The number of fused-ring (bicyclic) bond motifs is 1. The van der Waals surface area contributed by atoms with Crippen LogP contribution in [-0.4, -0.2) is 17.0 Å². The first-order valence-corrected chi connectivity index (χ1v) is 7.57. The van der Waals surface area contributed by atoms with Crippen LogP contribution in [0.25, 0.3) is 10.9 Å². The maximum absolute atomic E-state index is 4.55. The number of pyridine rings is 1. The summed E-state index contributed by atoms with van der Waals surface area (Å²) in [6.07, 6.45) is 2.74. The first-order chi connectivity index (χ1) is 9.76. The van der Waals surface area contributed by atoms with Gasteiger partial charge in [0.05, 0.1) is 16.2 Å². The summed E-state index contributed by atoms with van der Waals surface area (Å²) in [7, 11) is 2.00. The molecule has 0 saturated heterocycles. The van der Waals surface area contributed by atoms with Crippen molar-refractivity contribution in [3.05, 3.63) is 58.2 Å². The second kappa shape index (κ2) is 5.69. The van der Waals surface area contributed by atoms with E-state index >= 15 is 0 Å². The number of hydrogen-bond acceptors (Lipinski definition) is 4. The SMILES string of the molecule is CNC(Cc1csc(C)n1)c1ccc2ncccc2c1. The van der Waals surface area contributed by atoms with Crippen LogP contribution in [0.15, 0.2) is 41.9 Å². The zero-order chi connectivity index (χ0) is 13.9. The maximum Gasteiger partial charge on any atom is 0.0897 e. The van der Waals surface area contributed by atoms with Gasteiger partial charge >= 0.3 is 0 Å². The van der Waals surface area contributed by atoms with Gasteiger partial charge in [-0.25, -0.2) is 4.98 Å². The number of aromatic nitrogens is 2. The lowest BCUT2D eigenvalue weighted by atomic mass is 10.0. The third-order valence-electron chi connectivity index (χ3n) is 3.46. The van der Waals surface area contributed by atoms with E-state index in [1.807, 2.05) is 26.2 Å². The van der Waals surface area contributed by atoms with Crippen LogP contribution in [0.4, 0.5) is 0 Å². The van der Waals surface area contributed by atoms with Gasteiger partial charge in [-0.1, -0.05) is 12.1 Å². The molecule has 2 heterocycles. The largest absolute Gasteiger partial charge is 0.313 e. The van der Waals surface area contributed by atoms with Crippen molar-refractivity contribution in [1.82, 2.24) is 15.3 Å². The molecule has 0 aliphatic heterocycles. The molecule has 0 radical (unpaired) electrons. The number of nitrogens with one attached hydrogen (secondary N) is 1. The van der Waals surface area contributed by atoms with Crippen molar-refractivity contribution < 1.29 is 0 Å². The molecule has 0 amide bonds. The number of thiazole rings is 1. The second-order valence-electron chi connectivity index (χ2n) is 4.86. The molecule has 0 saturated carbocycles. The molecule has 0 spiro atoms. The number of aryl methyl sites for hydroxylation is 1. The summed E-state index contributed by atoms with van der Waals surface area (Å²) in [5.74, 6) is 0. The molecule has 1 N–H and O–H groups in total. The van der Waals surface area contributed by atoms with Gasteiger partial charge in [-0.2, -0.15) is 0 Å². The molecule has 0 aliphatic rings. The third-order valence-corrected chi connectivity index (χ3v) is 4.28. The highest BCUT2D eigenvalue weighted by Crippen LogP contribution is 2.22. The molecule has 0 bridgehead atoms. The van der Waals surface area contributed by atoms with Crippen molar-refractivity contribution in [2.75, 3.05) is 7.05 Å². The van der Waals surface area contributed by atoms with E-state index in [1.54, 1.807) is 11.3 Å². The quantitative estimate of drug-likeness (QED) is 0.796. The van der Waals surface area contributed by atoms with Crippen LogP contribution >= 0.6 is 11.3 Å². The monoisotopic (exact) mass is 283 g/mol. The van der Waals surface area contributed by atoms with Crippen molar-refractivity contribution in [2.45, 2.75) is 19.4 Å². The third kappa shape index (κ3) is 2.71. The summed E-state index contributed by atoms with van der Waals surface area (Å²) >= 11 is 1.71. The molecule has 1 atom stereocenters. The number of hydrogen-bond donors (Lipinski definition) is 1. The molecule has 2 aromatic heterocycles. The van der Waals surface area contributed by atoms with Crippen LogP contribution in [0, 0.1) is 6.92 Å². The van der Waals surface area contributed by atoms with Crippen LogP contribution < -0.4 is 5.32 Å². The highest BCUT2D eigenvalue weighted by atomic mass is 32.1. The normalized spacial score (nSPS) is 12.7. The van der Waals surface area contributed by atoms with E-state index < -0.39 is 0 Å². The molecule has 3 rings (SSSR count). The molecule has 1 unspecified atom stereocenters. The smallest absolute Gasteiger partial charge is 0.0897 e. The predicted molar refractivity (Wildman–Crippen MR) is 84.1 cm³/mol. The molecule has 1 aromatic carbocycles. The van der Waals surface area contributed by atoms with E-state index in [4.69, 9.17) is 0 Å². The lowest BCUT2D eigenvalue weighted by Gasteiger charge is -2.16. The number of benzene rings is 1. The van der Waals surface area contributed by atoms with E-state index in [1.165, 1.54) is 10.9 Å². The average Bonchev–Trinajstić information content (AvgIpc) is 2.89. The minimum absolute atomic E-state index is 0.279. The maximum atomic E-state index is 4.55. The summed E-state index contributed by atoms with van der Waals surface area (Å²) in [4.78, 5) is 8.92. The van der Waals surface area contributed by atoms with Crippen LogP contribution in [0.5, 0.6) is 0 Å². The number of nitrogens with zero attached hydrogens (tertiary/aromatic N) is 2. The molecule has 0 fully saturated rings. The highest BCUT2D eigenvalue weighted by molar-refractivity contribution is 7.09. The van der Waals surface area contributed by atoms with Crippen molar-refractivity contribution in [1.29, 1.82) is 0 Å². The van der Waals surface area contributed by atoms with Gasteiger partial charge in [-0.15, -0.1) is 11.3 Å². The predicted octanol–water partition coefficient (Wildman–Crippen LogP) is 3.50. The lowest BCUT2D eigenvalue weighted by molar-refractivity contribution is 0.586. The van der Waals surface area contributed by atoms with Gasteiger partial charge in [-0.3, -0.25) is 4.98 Å². The fourth-order valence-corrected chi connectivity index (χ4v) is 3.03. The van der Waals surface area contributed by atoms with E-state index in [9.17, 15) is 0 Å². The van der Waals surface area contributed by atoms with E-state index in [0.29, 0.717) is 0 Å². The van der Waals surface area contributed by atoms with Gasteiger partial charge in [0.25, 0.3) is 0 Å². The first kappa shape index (κ1) is 13.2. The van der Waals surface area contributed by atoms with Crippen molar-refractivity contribution in [3.63, 3.8) is 0 Å². The van der Waals surface area contributed by atoms with Crippen LogP contribution in [0.3, 0.4) is 0 Å². The molecule has 102 valence electrons. The summed E-state index contributed by atoms with van der Waals surface area (Å²) in [6.45, 7) is 2.05. The van der Waals surface area contributed by atoms with E-state index in [-0.39, 0.29) is 6.04 Å². The first-order valence-electron chi connectivity index (χ1n) is 6.69.